The second-order valence-corrected chi connectivity index (χ2v) is 5.27. The van der Waals surface area contributed by atoms with Gasteiger partial charge in [-0.15, -0.1) is 0 Å². The third-order valence-corrected chi connectivity index (χ3v) is 3.68. The fourth-order valence-electron chi connectivity index (χ4n) is 2.51. The Kier molecular flexibility index (Phi) is 3.19. The molecule has 1 atom stereocenters. The molecule has 2 heterocycles. The predicted molar refractivity (Wildman–Crippen MR) is 69.4 cm³/mol. The number of rotatable bonds is 4. The van der Waals surface area contributed by atoms with Crippen molar-refractivity contribution in [3.05, 3.63) is 30.1 Å². The number of nitrogens with one attached hydrogen (secondary N) is 1. The number of hydrogen-bond acceptors (Lipinski definition) is 3. The van der Waals surface area contributed by atoms with E-state index in [1.807, 2.05) is 4.90 Å². The number of likely N-dealkylation sites (tertiary alicyclic amines) is 1. The molecule has 1 saturated carbocycles. The van der Waals surface area contributed by atoms with Gasteiger partial charge in [-0.1, -0.05) is 6.07 Å². The summed E-state index contributed by atoms with van der Waals surface area (Å²) in [6.45, 7) is 1.33. The van der Waals surface area contributed by atoms with Crippen LogP contribution in [-0.4, -0.2) is 40.8 Å². The number of nitrogens with zero attached hydrogens (tertiary/aromatic N) is 2. The maximum atomic E-state index is 11.8. The quantitative estimate of drug-likeness (QED) is 0.871. The first-order valence-corrected chi connectivity index (χ1v) is 6.73. The van der Waals surface area contributed by atoms with Crippen LogP contribution in [0.25, 0.3) is 0 Å². The van der Waals surface area contributed by atoms with Gasteiger partial charge in [0, 0.05) is 37.7 Å². The summed E-state index contributed by atoms with van der Waals surface area (Å²) < 4.78 is 0. The monoisotopic (exact) mass is 259 g/mol. The molecule has 1 unspecified atom stereocenters. The van der Waals surface area contributed by atoms with Crippen molar-refractivity contribution in [2.75, 3.05) is 13.1 Å². The molecule has 1 aromatic rings. The summed E-state index contributed by atoms with van der Waals surface area (Å²) in [6, 6.07) is 5.73. The van der Waals surface area contributed by atoms with Crippen LogP contribution in [0.3, 0.4) is 0 Å². The van der Waals surface area contributed by atoms with Gasteiger partial charge in [-0.3, -0.25) is 14.6 Å². The van der Waals surface area contributed by atoms with Gasteiger partial charge in [0.1, 0.15) is 5.69 Å². The van der Waals surface area contributed by atoms with Crippen LogP contribution in [0.4, 0.5) is 0 Å². The van der Waals surface area contributed by atoms with E-state index in [2.05, 4.69) is 10.3 Å². The fraction of sp³-hybridized carbons (Fsp3) is 0.500. The zero-order chi connectivity index (χ0) is 13.2. The summed E-state index contributed by atoms with van der Waals surface area (Å²) in [4.78, 5) is 29.6. The first kappa shape index (κ1) is 12.1. The Morgan fingerprint density at radius 3 is 2.95 bits per heavy atom. The molecule has 5 heteroatoms. The average molecular weight is 259 g/mol. The lowest BCUT2D eigenvalue weighted by Gasteiger charge is -2.15. The van der Waals surface area contributed by atoms with Crippen LogP contribution in [0, 0.1) is 5.92 Å². The number of pyridine rings is 1. The van der Waals surface area contributed by atoms with Gasteiger partial charge in [0.05, 0.1) is 0 Å². The van der Waals surface area contributed by atoms with Crippen molar-refractivity contribution in [1.82, 2.24) is 15.2 Å². The third kappa shape index (κ3) is 2.75. The topological polar surface area (TPSA) is 62.3 Å². The molecule has 2 fully saturated rings. The van der Waals surface area contributed by atoms with Crippen molar-refractivity contribution in [2.24, 2.45) is 5.92 Å². The number of hydrogen-bond donors (Lipinski definition) is 1. The summed E-state index contributed by atoms with van der Waals surface area (Å²) in [7, 11) is 0. The Balaban J connectivity index is 1.50. The van der Waals surface area contributed by atoms with E-state index in [-0.39, 0.29) is 17.7 Å². The molecule has 0 aromatic carbocycles. The van der Waals surface area contributed by atoms with Gasteiger partial charge in [-0.05, 0) is 25.0 Å². The minimum atomic E-state index is -0.169. The van der Waals surface area contributed by atoms with Crippen molar-refractivity contribution in [3.8, 4) is 0 Å². The van der Waals surface area contributed by atoms with Gasteiger partial charge in [0.15, 0.2) is 0 Å². The zero-order valence-electron chi connectivity index (χ0n) is 10.7. The van der Waals surface area contributed by atoms with E-state index in [1.165, 1.54) is 0 Å². The second kappa shape index (κ2) is 4.99. The Hall–Kier alpha value is -1.91. The number of aromatic nitrogens is 1. The van der Waals surface area contributed by atoms with E-state index >= 15 is 0 Å². The first-order valence-electron chi connectivity index (χ1n) is 6.73. The van der Waals surface area contributed by atoms with Crippen LogP contribution >= 0.6 is 0 Å². The zero-order valence-corrected chi connectivity index (χ0v) is 10.7. The van der Waals surface area contributed by atoms with E-state index < -0.39 is 0 Å². The predicted octanol–water partition coefficient (Wildman–Crippen LogP) is 0.822. The minimum absolute atomic E-state index is 0.169. The van der Waals surface area contributed by atoms with Gasteiger partial charge < -0.3 is 10.2 Å². The normalized spacial score (nSPS) is 22.6. The van der Waals surface area contributed by atoms with Crippen molar-refractivity contribution in [2.45, 2.75) is 25.3 Å². The molecule has 1 aliphatic heterocycles. The highest BCUT2D eigenvalue weighted by Crippen LogP contribution is 2.32. The van der Waals surface area contributed by atoms with Crippen LogP contribution in [0.15, 0.2) is 24.4 Å². The Bertz CT molecular complexity index is 485. The lowest BCUT2D eigenvalue weighted by atomic mass is 10.1. The van der Waals surface area contributed by atoms with Crippen molar-refractivity contribution < 1.29 is 9.59 Å². The summed E-state index contributed by atoms with van der Waals surface area (Å²) in [5.41, 5.74) is 0.422. The van der Waals surface area contributed by atoms with Crippen molar-refractivity contribution in [1.29, 1.82) is 0 Å². The van der Waals surface area contributed by atoms with E-state index in [4.69, 9.17) is 0 Å². The molecule has 19 heavy (non-hydrogen) atoms. The van der Waals surface area contributed by atoms with Gasteiger partial charge in [0.25, 0.3) is 5.91 Å². The molecule has 1 aromatic heterocycles. The molecule has 0 spiro atoms. The SMILES string of the molecule is O=C(NCC1CC(=O)N(C2CC2)C1)c1ccccn1. The Labute approximate surface area is 112 Å². The minimum Gasteiger partial charge on any atom is -0.350 e. The number of carbonyl (C=O) groups is 2. The van der Waals surface area contributed by atoms with E-state index in [1.54, 1.807) is 24.4 Å². The molecular formula is C14H17N3O2. The Morgan fingerprint density at radius 2 is 2.26 bits per heavy atom. The van der Waals surface area contributed by atoms with Crippen LogP contribution < -0.4 is 5.32 Å². The van der Waals surface area contributed by atoms with Gasteiger partial charge in [-0.25, -0.2) is 0 Å². The van der Waals surface area contributed by atoms with Crippen molar-refractivity contribution in [3.63, 3.8) is 0 Å². The van der Waals surface area contributed by atoms with E-state index in [9.17, 15) is 9.59 Å². The Morgan fingerprint density at radius 1 is 1.42 bits per heavy atom. The summed E-state index contributed by atoms with van der Waals surface area (Å²) in [6.07, 6.45) is 4.43. The summed E-state index contributed by atoms with van der Waals surface area (Å²) in [5.74, 6) is 0.304. The lowest BCUT2D eigenvalue weighted by Crippen LogP contribution is -2.32. The third-order valence-electron chi connectivity index (χ3n) is 3.68. The molecule has 1 saturated heterocycles. The van der Waals surface area contributed by atoms with Crippen molar-refractivity contribution >= 4 is 11.8 Å². The maximum absolute atomic E-state index is 11.8. The molecular weight excluding hydrogens is 242 g/mol. The lowest BCUT2D eigenvalue weighted by molar-refractivity contribution is -0.128. The number of carbonyl (C=O) groups excluding carboxylic acids is 2. The summed E-state index contributed by atoms with van der Waals surface area (Å²) in [5, 5.41) is 2.86. The van der Waals surface area contributed by atoms with Crippen LogP contribution in [0.5, 0.6) is 0 Å². The molecule has 2 aliphatic rings. The molecule has 0 radical (unpaired) electrons. The highest BCUT2D eigenvalue weighted by molar-refractivity contribution is 5.92. The first-order chi connectivity index (χ1) is 9.24. The smallest absolute Gasteiger partial charge is 0.269 e. The van der Waals surface area contributed by atoms with Gasteiger partial charge >= 0.3 is 0 Å². The number of amides is 2. The van der Waals surface area contributed by atoms with Crippen LogP contribution in [0.2, 0.25) is 0 Å². The molecule has 1 aliphatic carbocycles. The molecule has 3 rings (SSSR count). The standard InChI is InChI=1S/C14H17N3O2/c18-13-7-10(9-17(13)11-4-5-11)8-16-14(19)12-3-1-2-6-15-12/h1-3,6,10-11H,4-5,7-9H2,(H,16,19). The molecule has 5 nitrogen and oxygen atoms in total. The van der Waals surface area contributed by atoms with Gasteiger partial charge in [-0.2, -0.15) is 0 Å². The van der Waals surface area contributed by atoms with Crippen LogP contribution in [-0.2, 0) is 4.79 Å². The summed E-state index contributed by atoms with van der Waals surface area (Å²) >= 11 is 0. The maximum Gasteiger partial charge on any atom is 0.269 e. The van der Waals surface area contributed by atoms with E-state index in [0.717, 1.165) is 19.4 Å². The molecule has 100 valence electrons. The second-order valence-electron chi connectivity index (χ2n) is 5.27. The van der Waals surface area contributed by atoms with Gasteiger partial charge in [0.2, 0.25) is 5.91 Å². The van der Waals surface area contributed by atoms with Crippen LogP contribution in [0.1, 0.15) is 29.8 Å². The van der Waals surface area contributed by atoms with E-state index in [0.29, 0.717) is 24.7 Å². The fourth-order valence-corrected chi connectivity index (χ4v) is 2.51. The molecule has 1 N–H and O–H groups in total. The average Bonchev–Trinajstić information content (AvgIpc) is 3.21. The molecule has 0 bridgehead atoms. The molecule has 2 amide bonds. The largest absolute Gasteiger partial charge is 0.350 e. The highest BCUT2D eigenvalue weighted by atomic mass is 16.2. The highest BCUT2D eigenvalue weighted by Gasteiger charge is 2.39.